The van der Waals surface area contributed by atoms with Crippen molar-refractivity contribution in [3.05, 3.63) is 48.0 Å². The standard InChI is InChI=1S/C31H48O10Si/c1-8-12-18-24(37-20-35-6)28(38-21-36-7)31(34)22(5)26(32)30(41-31)27(40-42(9-2,10-3)11-4)25(39-29(30)33)19-23-16-14-13-15-17-23/h12-18,22,24-25,27-28,34H,8-11,19-21H2,1-7H3/b18-12-/t22?,24-,25+,27-,28-,30+,31?/m0/s1. The zero-order chi connectivity index (χ0) is 31.0. The smallest absolute Gasteiger partial charge is 0.349 e. The normalized spacial score (nSPS) is 29.5. The van der Waals surface area contributed by atoms with Crippen LogP contribution in [-0.2, 0) is 48.9 Å². The van der Waals surface area contributed by atoms with Gasteiger partial charge in [0.15, 0.2) is 14.1 Å². The lowest BCUT2D eigenvalue weighted by Crippen LogP contribution is -2.59. The summed E-state index contributed by atoms with van der Waals surface area (Å²) in [5.41, 5.74) is -1.26. The SMILES string of the molecule is CC/C=C\[C@H](OCOC)[C@H](OCOC)C1(O)O[C@]2(C(=O)O[C@H](Cc3ccccc3)[C@@H]2O[Si](CC)(CC)CC)C(=O)C1C. The number of carbonyl (C=O) groups is 2. The molecule has 11 heteroatoms. The van der Waals surface area contributed by atoms with Crippen LogP contribution in [0.25, 0.3) is 0 Å². The van der Waals surface area contributed by atoms with Gasteiger partial charge in [-0.15, -0.1) is 0 Å². The Morgan fingerprint density at radius 2 is 1.62 bits per heavy atom. The van der Waals surface area contributed by atoms with Crippen molar-refractivity contribution in [2.75, 3.05) is 27.8 Å². The lowest BCUT2D eigenvalue weighted by Gasteiger charge is -2.40. The molecular formula is C31H48O10Si. The van der Waals surface area contributed by atoms with Gasteiger partial charge >= 0.3 is 5.97 Å². The van der Waals surface area contributed by atoms with Gasteiger partial charge in [-0.05, 0) is 30.1 Å². The van der Waals surface area contributed by atoms with Gasteiger partial charge in [0.2, 0.25) is 5.79 Å². The van der Waals surface area contributed by atoms with Crippen LogP contribution in [0, 0.1) is 5.92 Å². The number of carbonyl (C=O) groups excluding carboxylic acids is 2. The third kappa shape index (κ3) is 6.73. The molecule has 2 aliphatic heterocycles. The van der Waals surface area contributed by atoms with E-state index >= 15 is 0 Å². The Morgan fingerprint density at radius 3 is 2.19 bits per heavy atom. The maximum Gasteiger partial charge on any atom is 0.349 e. The molecule has 2 heterocycles. The molecule has 2 fully saturated rings. The molecule has 7 atom stereocenters. The van der Waals surface area contributed by atoms with E-state index in [0.717, 1.165) is 23.7 Å². The summed E-state index contributed by atoms with van der Waals surface area (Å²) < 4.78 is 41.3. The van der Waals surface area contributed by atoms with Gasteiger partial charge in [-0.2, -0.15) is 0 Å². The predicted molar refractivity (Wildman–Crippen MR) is 158 cm³/mol. The lowest BCUT2D eigenvalue weighted by molar-refractivity contribution is -0.318. The summed E-state index contributed by atoms with van der Waals surface area (Å²) in [5.74, 6) is -4.96. The summed E-state index contributed by atoms with van der Waals surface area (Å²) in [7, 11) is 0.498. The highest BCUT2D eigenvalue weighted by Gasteiger charge is 2.76. The third-order valence-electron chi connectivity index (χ3n) is 8.61. The van der Waals surface area contributed by atoms with Crippen molar-refractivity contribution in [3.8, 4) is 0 Å². The molecule has 2 saturated heterocycles. The molecule has 3 rings (SSSR count). The second-order valence-electron chi connectivity index (χ2n) is 11.0. The van der Waals surface area contributed by atoms with Gasteiger partial charge in [0.1, 0.15) is 38.0 Å². The summed E-state index contributed by atoms with van der Waals surface area (Å²) in [6.45, 7) is 9.34. The Hall–Kier alpha value is -1.96. The summed E-state index contributed by atoms with van der Waals surface area (Å²) in [5, 5.41) is 12.3. The first-order valence-corrected chi connectivity index (χ1v) is 17.4. The molecule has 2 unspecified atom stereocenters. The van der Waals surface area contributed by atoms with Crippen molar-refractivity contribution >= 4 is 20.1 Å². The van der Waals surface area contributed by atoms with Crippen LogP contribution in [0.4, 0.5) is 0 Å². The number of ether oxygens (including phenoxy) is 6. The number of rotatable bonds is 17. The molecule has 2 aliphatic rings. The van der Waals surface area contributed by atoms with E-state index in [1.54, 1.807) is 6.08 Å². The van der Waals surface area contributed by atoms with Crippen molar-refractivity contribution < 1.29 is 47.5 Å². The van der Waals surface area contributed by atoms with E-state index in [-0.39, 0.29) is 13.6 Å². The molecule has 1 spiro atoms. The van der Waals surface area contributed by atoms with E-state index in [0.29, 0.717) is 12.8 Å². The van der Waals surface area contributed by atoms with Gasteiger partial charge in [-0.1, -0.05) is 77.1 Å². The molecule has 42 heavy (non-hydrogen) atoms. The minimum Gasteiger partial charge on any atom is -0.457 e. The van der Waals surface area contributed by atoms with Crippen LogP contribution < -0.4 is 0 Å². The van der Waals surface area contributed by atoms with Crippen LogP contribution in [0.1, 0.15) is 46.6 Å². The fraction of sp³-hybridized carbons (Fsp3) is 0.677. The lowest BCUT2D eigenvalue weighted by atomic mass is 9.83. The first-order chi connectivity index (χ1) is 20.1. The minimum absolute atomic E-state index is 0.111. The first kappa shape index (κ1) is 34.5. The van der Waals surface area contributed by atoms with Crippen LogP contribution in [0.5, 0.6) is 0 Å². The molecule has 10 nitrogen and oxygen atoms in total. The Labute approximate surface area is 250 Å². The zero-order valence-corrected chi connectivity index (χ0v) is 27.0. The molecular weight excluding hydrogens is 560 g/mol. The van der Waals surface area contributed by atoms with Crippen LogP contribution in [-0.4, -0.2) is 88.8 Å². The third-order valence-corrected chi connectivity index (χ3v) is 13.2. The van der Waals surface area contributed by atoms with E-state index < -0.39 is 61.8 Å². The highest BCUT2D eigenvalue weighted by molar-refractivity contribution is 6.73. The zero-order valence-electron chi connectivity index (χ0n) is 26.0. The molecule has 0 amide bonds. The van der Waals surface area contributed by atoms with E-state index in [1.807, 2.05) is 43.3 Å². The van der Waals surface area contributed by atoms with E-state index in [1.165, 1.54) is 21.1 Å². The fourth-order valence-corrected chi connectivity index (χ4v) is 8.75. The number of benzene rings is 1. The number of aliphatic hydroxyl groups is 1. The Kier molecular flexibility index (Phi) is 12.5. The van der Waals surface area contributed by atoms with Gasteiger partial charge in [0.05, 0.1) is 5.92 Å². The Balaban J connectivity index is 2.13. The summed E-state index contributed by atoms with van der Waals surface area (Å²) in [4.78, 5) is 28.2. The number of esters is 1. The number of allylic oxidation sites excluding steroid dienone is 1. The molecule has 0 aliphatic carbocycles. The van der Waals surface area contributed by atoms with Crippen LogP contribution in [0.3, 0.4) is 0 Å². The highest BCUT2D eigenvalue weighted by Crippen LogP contribution is 2.50. The summed E-state index contributed by atoms with van der Waals surface area (Å²) in [6, 6.07) is 11.9. The number of methoxy groups -OCH3 is 2. The average Bonchev–Trinajstić information content (AvgIpc) is 3.37. The molecule has 1 aromatic carbocycles. The van der Waals surface area contributed by atoms with E-state index in [4.69, 9.17) is 32.8 Å². The van der Waals surface area contributed by atoms with Gasteiger partial charge in [-0.25, -0.2) is 4.79 Å². The van der Waals surface area contributed by atoms with Crippen LogP contribution in [0.15, 0.2) is 42.5 Å². The summed E-state index contributed by atoms with van der Waals surface area (Å²) in [6.07, 6.45) is 0.547. The Morgan fingerprint density at radius 1 is 1.00 bits per heavy atom. The topological polar surface area (TPSA) is 119 Å². The van der Waals surface area contributed by atoms with E-state index in [2.05, 4.69) is 20.8 Å². The number of hydrogen-bond donors (Lipinski definition) is 1. The first-order valence-electron chi connectivity index (χ1n) is 14.9. The second-order valence-corrected chi connectivity index (χ2v) is 15.7. The van der Waals surface area contributed by atoms with Crippen LogP contribution >= 0.6 is 0 Å². The largest absolute Gasteiger partial charge is 0.457 e. The second kappa shape index (κ2) is 15.2. The van der Waals surface area contributed by atoms with Gasteiger partial charge < -0.3 is 38.0 Å². The maximum absolute atomic E-state index is 14.3. The van der Waals surface area contributed by atoms with Crippen molar-refractivity contribution in [1.29, 1.82) is 0 Å². The van der Waals surface area contributed by atoms with Gasteiger partial charge in [0.25, 0.3) is 5.60 Å². The van der Waals surface area contributed by atoms with Crippen LogP contribution in [0.2, 0.25) is 18.1 Å². The number of cyclic esters (lactones) is 1. The maximum atomic E-state index is 14.3. The van der Waals surface area contributed by atoms with Crippen molar-refractivity contribution in [1.82, 2.24) is 0 Å². The molecule has 0 aromatic heterocycles. The summed E-state index contributed by atoms with van der Waals surface area (Å²) >= 11 is 0. The molecule has 0 radical (unpaired) electrons. The number of hydrogen-bond acceptors (Lipinski definition) is 10. The van der Waals surface area contributed by atoms with Crippen molar-refractivity contribution in [2.24, 2.45) is 5.92 Å². The minimum atomic E-state index is -2.42. The monoisotopic (exact) mass is 608 g/mol. The quantitative estimate of drug-likeness (QED) is 0.0908. The van der Waals surface area contributed by atoms with Crippen molar-refractivity contribution in [3.63, 3.8) is 0 Å². The number of Topliss-reactive ketones (excluding diaryl/α,β-unsaturated/α-hetero) is 1. The molecule has 236 valence electrons. The predicted octanol–water partition coefficient (Wildman–Crippen LogP) is 4.15. The average molecular weight is 609 g/mol. The molecule has 1 aromatic rings. The van der Waals surface area contributed by atoms with E-state index in [9.17, 15) is 14.7 Å². The molecule has 0 saturated carbocycles. The van der Waals surface area contributed by atoms with Gasteiger partial charge in [-0.3, -0.25) is 4.79 Å². The molecule has 1 N–H and O–H groups in total. The molecule has 0 bridgehead atoms. The van der Waals surface area contributed by atoms with Gasteiger partial charge in [0, 0.05) is 20.6 Å². The van der Waals surface area contributed by atoms with Crippen molar-refractivity contribution in [2.45, 2.75) is 101 Å². The number of ketones is 1. The Bertz CT molecular complexity index is 1040. The highest BCUT2D eigenvalue weighted by atomic mass is 28.4. The fourth-order valence-electron chi connectivity index (χ4n) is 5.89.